The van der Waals surface area contributed by atoms with Crippen molar-refractivity contribution in [3.8, 4) is 5.75 Å². The van der Waals surface area contributed by atoms with Crippen molar-refractivity contribution in [3.05, 3.63) is 28.8 Å². The zero-order chi connectivity index (χ0) is 10.7. The van der Waals surface area contributed by atoms with Gasteiger partial charge in [-0.05, 0) is 38.5 Å². The molecule has 1 rings (SSSR count). The van der Waals surface area contributed by atoms with Crippen LogP contribution in [-0.2, 0) is 0 Å². The van der Waals surface area contributed by atoms with E-state index < -0.39 is 0 Å². The van der Waals surface area contributed by atoms with Crippen LogP contribution in [0.5, 0.6) is 5.75 Å². The Bertz CT molecular complexity index is 310. The van der Waals surface area contributed by atoms with Gasteiger partial charge in [-0.1, -0.05) is 17.7 Å². The van der Waals surface area contributed by atoms with E-state index in [0.717, 1.165) is 5.56 Å². The summed E-state index contributed by atoms with van der Waals surface area (Å²) in [6.45, 7) is 5.86. The normalized spacial score (nSPS) is 13.0. The first-order chi connectivity index (χ1) is 6.50. The average molecular weight is 214 g/mol. The first-order valence-corrected chi connectivity index (χ1v) is 5.10. The third kappa shape index (κ3) is 2.89. The highest BCUT2D eigenvalue weighted by Gasteiger charge is 2.06. The van der Waals surface area contributed by atoms with E-state index in [-0.39, 0.29) is 12.1 Å². The number of nitrogens with two attached hydrogens (primary N) is 1. The predicted molar refractivity (Wildman–Crippen MR) is 59.8 cm³/mol. The summed E-state index contributed by atoms with van der Waals surface area (Å²) in [6.07, 6.45) is 0.133. The summed E-state index contributed by atoms with van der Waals surface area (Å²) in [5.41, 5.74) is 6.75. The molecule has 0 heterocycles. The van der Waals surface area contributed by atoms with E-state index in [1.54, 1.807) is 0 Å². The molecular weight excluding hydrogens is 198 g/mol. The second-order valence-electron chi connectivity index (χ2n) is 3.65. The Balaban J connectivity index is 2.90. The Kier molecular flexibility index (Phi) is 3.78. The molecule has 1 unspecified atom stereocenters. The van der Waals surface area contributed by atoms with E-state index >= 15 is 0 Å². The Morgan fingerprint density at radius 2 is 1.93 bits per heavy atom. The van der Waals surface area contributed by atoms with Gasteiger partial charge in [-0.3, -0.25) is 0 Å². The molecule has 1 aromatic carbocycles. The van der Waals surface area contributed by atoms with Gasteiger partial charge in [-0.2, -0.15) is 0 Å². The van der Waals surface area contributed by atoms with Crippen molar-refractivity contribution in [1.29, 1.82) is 0 Å². The molecule has 0 fully saturated rings. The van der Waals surface area contributed by atoms with Crippen LogP contribution in [0.4, 0.5) is 0 Å². The van der Waals surface area contributed by atoms with Crippen LogP contribution in [0.25, 0.3) is 0 Å². The Morgan fingerprint density at radius 1 is 1.29 bits per heavy atom. The van der Waals surface area contributed by atoms with Crippen molar-refractivity contribution < 1.29 is 4.74 Å². The van der Waals surface area contributed by atoms with E-state index in [2.05, 4.69) is 0 Å². The standard InChI is InChI=1S/C11H16ClNO/c1-7(2)14-11-5-4-9(8(3)13)6-10(11)12/h4-8H,13H2,1-3H3. The second-order valence-corrected chi connectivity index (χ2v) is 4.05. The number of hydrogen-bond donors (Lipinski definition) is 1. The fourth-order valence-electron chi connectivity index (χ4n) is 1.15. The first-order valence-electron chi connectivity index (χ1n) is 4.72. The Labute approximate surface area is 90.0 Å². The van der Waals surface area contributed by atoms with Crippen LogP contribution in [0.2, 0.25) is 5.02 Å². The molecule has 2 N–H and O–H groups in total. The molecule has 0 saturated carbocycles. The van der Waals surface area contributed by atoms with E-state index in [9.17, 15) is 0 Å². The summed E-state index contributed by atoms with van der Waals surface area (Å²) < 4.78 is 5.51. The average Bonchev–Trinajstić information content (AvgIpc) is 2.07. The second kappa shape index (κ2) is 4.67. The minimum absolute atomic E-state index is 0.000556. The summed E-state index contributed by atoms with van der Waals surface area (Å²) in [7, 11) is 0. The van der Waals surface area contributed by atoms with Crippen LogP contribution in [0, 0.1) is 0 Å². The molecule has 14 heavy (non-hydrogen) atoms. The molecule has 78 valence electrons. The molecular formula is C11H16ClNO. The number of halogens is 1. The molecule has 0 aromatic heterocycles. The van der Waals surface area contributed by atoms with Gasteiger partial charge in [0.2, 0.25) is 0 Å². The van der Waals surface area contributed by atoms with Crippen molar-refractivity contribution in [2.75, 3.05) is 0 Å². The van der Waals surface area contributed by atoms with E-state index in [1.807, 2.05) is 39.0 Å². The zero-order valence-electron chi connectivity index (χ0n) is 8.75. The fourth-order valence-corrected chi connectivity index (χ4v) is 1.38. The number of hydrogen-bond acceptors (Lipinski definition) is 2. The SMILES string of the molecule is CC(C)Oc1ccc(C(C)N)cc1Cl. The van der Waals surface area contributed by atoms with E-state index in [1.165, 1.54) is 0 Å². The largest absolute Gasteiger partial charge is 0.489 e. The molecule has 0 radical (unpaired) electrons. The highest BCUT2D eigenvalue weighted by molar-refractivity contribution is 6.32. The third-order valence-electron chi connectivity index (χ3n) is 1.84. The lowest BCUT2D eigenvalue weighted by Gasteiger charge is -2.13. The molecule has 0 bridgehead atoms. The quantitative estimate of drug-likeness (QED) is 0.837. The van der Waals surface area contributed by atoms with Crippen LogP contribution in [0.3, 0.4) is 0 Å². The van der Waals surface area contributed by atoms with Crippen molar-refractivity contribution >= 4 is 11.6 Å². The maximum atomic E-state index is 6.04. The van der Waals surface area contributed by atoms with Crippen molar-refractivity contribution in [1.82, 2.24) is 0 Å². The van der Waals surface area contributed by atoms with Crippen LogP contribution >= 0.6 is 11.6 Å². The minimum Gasteiger partial charge on any atom is -0.489 e. The monoisotopic (exact) mass is 213 g/mol. The maximum absolute atomic E-state index is 6.04. The van der Waals surface area contributed by atoms with Gasteiger partial charge >= 0.3 is 0 Å². The van der Waals surface area contributed by atoms with Gasteiger partial charge in [0, 0.05) is 6.04 Å². The van der Waals surface area contributed by atoms with Crippen LogP contribution in [0.15, 0.2) is 18.2 Å². The maximum Gasteiger partial charge on any atom is 0.138 e. The highest BCUT2D eigenvalue weighted by atomic mass is 35.5. The molecule has 0 saturated heterocycles. The van der Waals surface area contributed by atoms with Gasteiger partial charge < -0.3 is 10.5 Å². The van der Waals surface area contributed by atoms with Crippen molar-refractivity contribution in [2.24, 2.45) is 5.73 Å². The zero-order valence-corrected chi connectivity index (χ0v) is 9.51. The van der Waals surface area contributed by atoms with Crippen molar-refractivity contribution in [2.45, 2.75) is 32.9 Å². The summed E-state index contributed by atoms with van der Waals surface area (Å²) in [5.74, 6) is 0.714. The smallest absolute Gasteiger partial charge is 0.138 e. The molecule has 0 amide bonds. The molecule has 2 nitrogen and oxygen atoms in total. The predicted octanol–water partition coefficient (Wildman–Crippen LogP) is 3.15. The Hall–Kier alpha value is -0.730. The minimum atomic E-state index is 0.000556. The van der Waals surface area contributed by atoms with E-state index in [0.29, 0.717) is 10.8 Å². The van der Waals surface area contributed by atoms with Crippen LogP contribution < -0.4 is 10.5 Å². The van der Waals surface area contributed by atoms with Gasteiger partial charge in [0.05, 0.1) is 11.1 Å². The van der Waals surface area contributed by atoms with Crippen LogP contribution in [0.1, 0.15) is 32.4 Å². The molecule has 0 aliphatic rings. The number of ether oxygens (including phenoxy) is 1. The van der Waals surface area contributed by atoms with Gasteiger partial charge in [0.25, 0.3) is 0 Å². The molecule has 1 aromatic rings. The molecule has 3 heteroatoms. The summed E-state index contributed by atoms with van der Waals surface area (Å²) >= 11 is 6.04. The van der Waals surface area contributed by atoms with Gasteiger partial charge in [-0.25, -0.2) is 0 Å². The topological polar surface area (TPSA) is 35.2 Å². The van der Waals surface area contributed by atoms with E-state index in [4.69, 9.17) is 22.1 Å². The molecule has 0 aliphatic carbocycles. The number of benzene rings is 1. The lowest BCUT2D eigenvalue weighted by molar-refractivity contribution is 0.242. The first kappa shape index (κ1) is 11.3. The Morgan fingerprint density at radius 3 is 2.36 bits per heavy atom. The summed E-state index contributed by atoms with van der Waals surface area (Å²) in [4.78, 5) is 0. The fraction of sp³-hybridized carbons (Fsp3) is 0.455. The highest BCUT2D eigenvalue weighted by Crippen LogP contribution is 2.27. The molecule has 1 atom stereocenters. The van der Waals surface area contributed by atoms with Gasteiger partial charge in [0.1, 0.15) is 5.75 Å². The third-order valence-corrected chi connectivity index (χ3v) is 2.14. The lowest BCUT2D eigenvalue weighted by Crippen LogP contribution is -2.08. The van der Waals surface area contributed by atoms with Crippen molar-refractivity contribution in [3.63, 3.8) is 0 Å². The van der Waals surface area contributed by atoms with Gasteiger partial charge in [0.15, 0.2) is 0 Å². The summed E-state index contributed by atoms with van der Waals surface area (Å²) in [6, 6.07) is 5.65. The molecule has 0 aliphatic heterocycles. The van der Waals surface area contributed by atoms with Crippen LogP contribution in [-0.4, -0.2) is 6.10 Å². The molecule has 0 spiro atoms. The lowest BCUT2D eigenvalue weighted by atomic mass is 10.1. The number of rotatable bonds is 3. The van der Waals surface area contributed by atoms with Gasteiger partial charge in [-0.15, -0.1) is 0 Å². The summed E-state index contributed by atoms with van der Waals surface area (Å²) in [5, 5.41) is 0.619.